The summed E-state index contributed by atoms with van der Waals surface area (Å²) in [6.45, 7) is 10.0. The van der Waals surface area contributed by atoms with Crippen LogP contribution in [0, 0.1) is 5.92 Å². The average Bonchev–Trinajstić information content (AvgIpc) is 2.08. The number of aliphatic hydroxyl groups excluding tert-OH is 1. The maximum Gasteiger partial charge on any atom is 0.410 e. The summed E-state index contributed by atoms with van der Waals surface area (Å²) in [6.07, 6.45) is 0.0351. The maximum absolute atomic E-state index is 11.9. The number of ether oxygens (including phenoxy) is 1. The van der Waals surface area contributed by atoms with Gasteiger partial charge in [-0.1, -0.05) is 6.92 Å². The molecule has 0 bridgehead atoms. The minimum absolute atomic E-state index is 0.0426. The molecule has 1 rings (SSSR count). The van der Waals surface area contributed by atoms with Gasteiger partial charge in [-0.3, -0.25) is 0 Å². The smallest absolute Gasteiger partial charge is 0.410 e. The third kappa shape index (κ3) is 3.37. The van der Waals surface area contributed by atoms with E-state index in [0.717, 1.165) is 0 Å². The van der Waals surface area contributed by atoms with Gasteiger partial charge in [0.2, 0.25) is 0 Å². The van der Waals surface area contributed by atoms with Gasteiger partial charge in [-0.15, -0.1) is 0 Å². The van der Waals surface area contributed by atoms with Gasteiger partial charge in [-0.05, 0) is 40.0 Å². The van der Waals surface area contributed by atoms with Crippen LogP contribution in [0.5, 0.6) is 0 Å². The molecule has 1 saturated heterocycles. The number of hydrogen-bond donors (Lipinski definition) is 1. The number of hydrogen-bond acceptors (Lipinski definition) is 3. The molecule has 1 amide bonds. The fraction of sp³-hybridized carbons (Fsp3) is 0.917. The van der Waals surface area contributed by atoms with Crippen LogP contribution in [0.15, 0.2) is 0 Å². The molecular formula is C12H23NO3. The lowest BCUT2D eigenvalue weighted by Crippen LogP contribution is -2.51. The minimum atomic E-state index is -0.462. The molecule has 3 atom stereocenters. The molecule has 1 aliphatic rings. The summed E-state index contributed by atoms with van der Waals surface area (Å²) in [7, 11) is 0. The van der Waals surface area contributed by atoms with Crippen LogP contribution >= 0.6 is 0 Å². The second-order valence-electron chi connectivity index (χ2n) is 5.76. The first-order valence-corrected chi connectivity index (χ1v) is 5.88. The van der Waals surface area contributed by atoms with Gasteiger partial charge >= 0.3 is 6.09 Å². The van der Waals surface area contributed by atoms with Crippen LogP contribution in [0.2, 0.25) is 0 Å². The van der Waals surface area contributed by atoms with Crippen LogP contribution in [-0.2, 0) is 4.74 Å². The van der Waals surface area contributed by atoms with Crippen LogP contribution in [0.1, 0.15) is 41.0 Å². The Morgan fingerprint density at radius 3 is 2.44 bits per heavy atom. The summed E-state index contributed by atoms with van der Waals surface area (Å²) >= 11 is 0. The number of likely N-dealkylation sites (tertiary alicyclic amines) is 1. The van der Waals surface area contributed by atoms with E-state index >= 15 is 0 Å². The molecule has 16 heavy (non-hydrogen) atoms. The van der Waals surface area contributed by atoms with Gasteiger partial charge in [0.1, 0.15) is 5.60 Å². The van der Waals surface area contributed by atoms with Crippen molar-refractivity contribution in [2.45, 2.75) is 58.8 Å². The predicted molar refractivity (Wildman–Crippen MR) is 62.2 cm³/mol. The molecule has 0 aromatic heterocycles. The Hall–Kier alpha value is -0.770. The van der Waals surface area contributed by atoms with E-state index in [1.807, 2.05) is 34.6 Å². The molecule has 0 aromatic carbocycles. The molecule has 94 valence electrons. The summed E-state index contributed by atoms with van der Waals surface area (Å²) in [5.41, 5.74) is -0.462. The number of nitrogens with zero attached hydrogens (tertiary/aromatic N) is 1. The Morgan fingerprint density at radius 1 is 1.38 bits per heavy atom. The number of amides is 1. The number of aliphatic hydroxyl groups is 1. The minimum Gasteiger partial charge on any atom is -0.444 e. The number of piperidine rings is 1. The van der Waals surface area contributed by atoms with E-state index in [2.05, 4.69) is 0 Å². The highest BCUT2D eigenvalue weighted by atomic mass is 16.6. The quantitative estimate of drug-likeness (QED) is 0.691. The van der Waals surface area contributed by atoms with E-state index in [-0.39, 0.29) is 24.2 Å². The first kappa shape index (κ1) is 13.3. The SMILES string of the molecule is CC1CN(C(=O)OC(C)(C)C)C(C)CC1O. The molecule has 0 saturated carbocycles. The Labute approximate surface area is 97.6 Å². The zero-order valence-corrected chi connectivity index (χ0v) is 10.9. The van der Waals surface area contributed by atoms with E-state index in [1.54, 1.807) is 4.90 Å². The zero-order chi connectivity index (χ0) is 12.5. The highest BCUT2D eigenvalue weighted by molar-refractivity contribution is 5.68. The highest BCUT2D eigenvalue weighted by Gasteiger charge is 2.34. The Morgan fingerprint density at radius 2 is 1.94 bits per heavy atom. The summed E-state index contributed by atoms with van der Waals surface area (Å²) in [4.78, 5) is 13.6. The first-order valence-electron chi connectivity index (χ1n) is 5.88. The lowest BCUT2D eigenvalue weighted by atomic mass is 9.92. The van der Waals surface area contributed by atoms with Gasteiger partial charge in [0, 0.05) is 12.6 Å². The van der Waals surface area contributed by atoms with Gasteiger partial charge in [-0.2, -0.15) is 0 Å². The third-order valence-electron chi connectivity index (χ3n) is 2.88. The van der Waals surface area contributed by atoms with E-state index < -0.39 is 5.60 Å². The van der Waals surface area contributed by atoms with Crippen molar-refractivity contribution in [1.29, 1.82) is 0 Å². The molecule has 1 N–H and O–H groups in total. The second-order valence-corrected chi connectivity index (χ2v) is 5.76. The van der Waals surface area contributed by atoms with Crippen molar-refractivity contribution < 1.29 is 14.6 Å². The maximum atomic E-state index is 11.9. The zero-order valence-electron chi connectivity index (χ0n) is 10.9. The number of rotatable bonds is 0. The summed E-state index contributed by atoms with van der Waals surface area (Å²) in [5.74, 6) is 0.115. The van der Waals surface area contributed by atoms with Crippen LogP contribution in [-0.4, -0.2) is 40.4 Å². The Kier molecular flexibility index (Phi) is 3.84. The molecule has 3 unspecified atom stereocenters. The molecule has 0 radical (unpaired) electrons. The summed E-state index contributed by atoms with van der Waals surface area (Å²) in [5, 5.41) is 9.70. The van der Waals surface area contributed by atoms with Gasteiger partial charge in [0.05, 0.1) is 6.10 Å². The van der Waals surface area contributed by atoms with Crippen molar-refractivity contribution >= 4 is 6.09 Å². The third-order valence-corrected chi connectivity index (χ3v) is 2.88. The van der Waals surface area contributed by atoms with Crippen molar-refractivity contribution in [2.75, 3.05) is 6.54 Å². The molecular weight excluding hydrogens is 206 g/mol. The van der Waals surface area contributed by atoms with Crippen LogP contribution in [0.4, 0.5) is 4.79 Å². The molecule has 4 heteroatoms. The monoisotopic (exact) mass is 229 g/mol. The van der Waals surface area contributed by atoms with Crippen molar-refractivity contribution in [3.05, 3.63) is 0 Å². The van der Waals surface area contributed by atoms with Crippen LogP contribution in [0.3, 0.4) is 0 Å². The highest BCUT2D eigenvalue weighted by Crippen LogP contribution is 2.23. The van der Waals surface area contributed by atoms with Crippen molar-refractivity contribution in [3.63, 3.8) is 0 Å². The lowest BCUT2D eigenvalue weighted by molar-refractivity contribution is -0.0226. The number of carbonyl (C=O) groups is 1. The van der Waals surface area contributed by atoms with Crippen molar-refractivity contribution in [2.24, 2.45) is 5.92 Å². The van der Waals surface area contributed by atoms with Crippen LogP contribution < -0.4 is 0 Å². The van der Waals surface area contributed by atoms with E-state index in [1.165, 1.54) is 0 Å². The van der Waals surface area contributed by atoms with Crippen molar-refractivity contribution in [3.8, 4) is 0 Å². The first-order chi connectivity index (χ1) is 7.20. The molecule has 0 aromatic rings. The van der Waals surface area contributed by atoms with Crippen molar-refractivity contribution in [1.82, 2.24) is 4.90 Å². The van der Waals surface area contributed by atoms with Gasteiger partial charge < -0.3 is 14.7 Å². The average molecular weight is 229 g/mol. The molecule has 1 heterocycles. The summed E-state index contributed by atoms with van der Waals surface area (Å²) in [6, 6.07) is 0.0426. The van der Waals surface area contributed by atoms with Gasteiger partial charge in [0.25, 0.3) is 0 Å². The molecule has 0 spiro atoms. The van der Waals surface area contributed by atoms with E-state index in [4.69, 9.17) is 4.74 Å². The Balaban J connectivity index is 2.62. The molecule has 0 aliphatic carbocycles. The van der Waals surface area contributed by atoms with Crippen LogP contribution in [0.25, 0.3) is 0 Å². The van der Waals surface area contributed by atoms with Gasteiger partial charge in [-0.25, -0.2) is 4.79 Å². The fourth-order valence-electron chi connectivity index (χ4n) is 1.90. The normalized spacial score (nSPS) is 31.4. The number of carbonyl (C=O) groups excluding carboxylic acids is 1. The molecule has 1 aliphatic heterocycles. The Bertz CT molecular complexity index is 259. The topological polar surface area (TPSA) is 49.8 Å². The molecule has 1 fully saturated rings. The second kappa shape index (κ2) is 4.62. The standard InChI is InChI=1S/C12H23NO3/c1-8-7-13(9(2)6-10(8)14)11(15)16-12(3,4)5/h8-10,14H,6-7H2,1-5H3. The van der Waals surface area contributed by atoms with E-state index in [9.17, 15) is 9.90 Å². The fourth-order valence-corrected chi connectivity index (χ4v) is 1.90. The molecule has 4 nitrogen and oxygen atoms in total. The lowest BCUT2D eigenvalue weighted by Gasteiger charge is -2.40. The predicted octanol–water partition coefficient (Wildman–Crippen LogP) is 2.01. The van der Waals surface area contributed by atoms with Gasteiger partial charge in [0.15, 0.2) is 0 Å². The largest absolute Gasteiger partial charge is 0.444 e. The van der Waals surface area contributed by atoms with E-state index in [0.29, 0.717) is 13.0 Å². The summed E-state index contributed by atoms with van der Waals surface area (Å²) < 4.78 is 5.34.